The van der Waals surface area contributed by atoms with E-state index >= 15 is 0 Å². The van der Waals surface area contributed by atoms with Gasteiger partial charge in [0.2, 0.25) is 0 Å². The maximum atomic E-state index is 12.4. The molecule has 1 unspecified atom stereocenters. The summed E-state index contributed by atoms with van der Waals surface area (Å²) in [5.41, 5.74) is 0.684. The van der Waals surface area contributed by atoms with Gasteiger partial charge < -0.3 is 15.1 Å². The normalized spacial score (nSPS) is 17.2. The number of carbonyl (C=O) groups is 1. The number of amides is 1. The summed E-state index contributed by atoms with van der Waals surface area (Å²) >= 11 is 1.46. The van der Waals surface area contributed by atoms with Gasteiger partial charge in [-0.15, -0.1) is 11.3 Å². The molecule has 1 atom stereocenters. The van der Waals surface area contributed by atoms with Crippen LogP contribution in [0.15, 0.2) is 11.4 Å². The third kappa shape index (κ3) is 4.31. The molecule has 21 heavy (non-hydrogen) atoms. The molecule has 1 aliphatic rings. The lowest BCUT2D eigenvalue weighted by Gasteiger charge is -2.33. The van der Waals surface area contributed by atoms with Crippen LogP contribution >= 0.6 is 11.3 Å². The predicted molar refractivity (Wildman–Crippen MR) is 83.2 cm³/mol. The Hall–Kier alpha value is -1.35. The van der Waals surface area contributed by atoms with Crippen molar-refractivity contribution in [2.45, 2.75) is 32.3 Å². The van der Waals surface area contributed by atoms with Crippen LogP contribution in [0.1, 0.15) is 41.4 Å². The molecular weight excluding hydrogens is 286 g/mol. The number of aliphatic hydroxyl groups excluding tert-OH is 2. The van der Waals surface area contributed by atoms with Crippen molar-refractivity contribution in [2.75, 3.05) is 19.7 Å². The summed E-state index contributed by atoms with van der Waals surface area (Å²) in [4.78, 5) is 15.1. The molecule has 0 saturated carbocycles. The van der Waals surface area contributed by atoms with E-state index in [0.717, 1.165) is 17.7 Å². The molecule has 0 radical (unpaired) electrons. The third-order valence-electron chi connectivity index (χ3n) is 3.80. The van der Waals surface area contributed by atoms with Crippen LogP contribution < -0.4 is 0 Å². The largest absolute Gasteiger partial charge is 0.395 e. The summed E-state index contributed by atoms with van der Waals surface area (Å²) in [5, 5.41) is 20.1. The molecule has 1 fully saturated rings. The number of rotatable bonds is 3. The maximum Gasteiger partial charge on any atom is 0.254 e. The number of carbonyl (C=O) groups excluding carboxylic acids is 1. The van der Waals surface area contributed by atoms with Crippen LogP contribution in [0.4, 0.5) is 0 Å². The molecular formula is C16H21NO3S. The summed E-state index contributed by atoms with van der Waals surface area (Å²) in [6.45, 7) is 3.28. The molecule has 2 rings (SSSR count). The molecule has 4 nitrogen and oxygen atoms in total. The molecule has 1 aromatic heterocycles. The first-order valence-electron chi connectivity index (χ1n) is 7.27. The van der Waals surface area contributed by atoms with Crippen LogP contribution in [0.2, 0.25) is 0 Å². The molecule has 114 valence electrons. The maximum absolute atomic E-state index is 12.4. The average molecular weight is 307 g/mol. The van der Waals surface area contributed by atoms with Crippen molar-refractivity contribution in [3.05, 3.63) is 21.9 Å². The van der Waals surface area contributed by atoms with E-state index in [2.05, 4.69) is 11.8 Å². The summed E-state index contributed by atoms with van der Waals surface area (Å²) in [6, 6.07) is 1.82. The second-order valence-corrected chi connectivity index (χ2v) is 6.26. The standard InChI is InChI=1S/C16H21NO3S/c1-12(19)13-5-7-17(8-6-13)16(20)14-10-15(21-11-14)4-2-3-9-18/h10-13,18-19H,3,5-9H2,1H3. The number of nitrogens with zero attached hydrogens (tertiary/aromatic N) is 1. The van der Waals surface area contributed by atoms with Gasteiger partial charge in [-0.25, -0.2) is 0 Å². The molecule has 2 N–H and O–H groups in total. The Morgan fingerprint density at radius 3 is 2.86 bits per heavy atom. The quantitative estimate of drug-likeness (QED) is 0.836. The fraction of sp³-hybridized carbons (Fsp3) is 0.562. The van der Waals surface area contributed by atoms with Crippen LogP contribution in [-0.4, -0.2) is 46.8 Å². The van der Waals surface area contributed by atoms with Crippen molar-refractivity contribution in [3.8, 4) is 11.8 Å². The first kappa shape index (κ1) is 16.0. The Kier molecular flexibility index (Phi) is 5.80. The highest BCUT2D eigenvalue weighted by atomic mass is 32.1. The van der Waals surface area contributed by atoms with E-state index in [4.69, 9.17) is 5.11 Å². The van der Waals surface area contributed by atoms with E-state index in [-0.39, 0.29) is 18.6 Å². The van der Waals surface area contributed by atoms with E-state index < -0.39 is 0 Å². The Balaban J connectivity index is 1.94. The highest BCUT2D eigenvalue weighted by molar-refractivity contribution is 7.10. The van der Waals surface area contributed by atoms with Gasteiger partial charge in [0.1, 0.15) is 0 Å². The topological polar surface area (TPSA) is 60.8 Å². The average Bonchev–Trinajstić information content (AvgIpc) is 2.96. The molecule has 0 spiro atoms. The Morgan fingerprint density at radius 2 is 2.24 bits per heavy atom. The van der Waals surface area contributed by atoms with Gasteiger partial charge in [0.25, 0.3) is 5.91 Å². The summed E-state index contributed by atoms with van der Waals surface area (Å²) in [7, 11) is 0. The zero-order valence-corrected chi connectivity index (χ0v) is 13.0. The van der Waals surface area contributed by atoms with Gasteiger partial charge in [0, 0.05) is 24.9 Å². The van der Waals surface area contributed by atoms with Gasteiger partial charge in [0.05, 0.1) is 23.2 Å². The highest BCUT2D eigenvalue weighted by Crippen LogP contribution is 2.23. The zero-order chi connectivity index (χ0) is 15.2. The second-order valence-electron chi connectivity index (χ2n) is 5.35. The molecule has 1 saturated heterocycles. The molecule has 0 aromatic carbocycles. The van der Waals surface area contributed by atoms with Crippen LogP contribution in [-0.2, 0) is 0 Å². The molecule has 5 heteroatoms. The van der Waals surface area contributed by atoms with Gasteiger partial charge >= 0.3 is 0 Å². The summed E-state index contributed by atoms with van der Waals surface area (Å²) < 4.78 is 0. The lowest BCUT2D eigenvalue weighted by molar-refractivity contribution is 0.0522. The number of aliphatic hydroxyl groups is 2. The molecule has 0 bridgehead atoms. The molecule has 1 aromatic rings. The fourth-order valence-electron chi connectivity index (χ4n) is 2.49. The lowest BCUT2D eigenvalue weighted by Crippen LogP contribution is -2.40. The summed E-state index contributed by atoms with van der Waals surface area (Å²) in [6.07, 6.45) is 1.87. The van der Waals surface area contributed by atoms with Crippen LogP contribution in [0.5, 0.6) is 0 Å². The third-order valence-corrected chi connectivity index (χ3v) is 4.65. The van der Waals surface area contributed by atoms with E-state index in [1.807, 2.05) is 23.3 Å². The minimum atomic E-state index is -0.295. The van der Waals surface area contributed by atoms with Gasteiger partial charge in [-0.3, -0.25) is 4.79 Å². The molecule has 0 aliphatic carbocycles. The fourth-order valence-corrected chi connectivity index (χ4v) is 3.24. The van der Waals surface area contributed by atoms with Crippen molar-refractivity contribution in [3.63, 3.8) is 0 Å². The molecule has 2 heterocycles. The Labute approximate surface area is 129 Å². The van der Waals surface area contributed by atoms with E-state index in [1.165, 1.54) is 11.3 Å². The van der Waals surface area contributed by atoms with Gasteiger partial charge in [0.15, 0.2) is 0 Å². The number of hydrogen-bond donors (Lipinski definition) is 2. The SMILES string of the molecule is CC(O)C1CCN(C(=O)c2csc(C#CCCO)c2)CC1. The minimum absolute atomic E-state index is 0.0468. The highest BCUT2D eigenvalue weighted by Gasteiger charge is 2.26. The van der Waals surface area contributed by atoms with Crippen LogP contribution in [0.25, 0.3) is 0 Å². The van der Waals surface area contributed by atoms with Gasteiger partial charge in [-0.2, -0.15) is 0 Å². The lowest BCUT2D eigenvalue weighted by atomic mass is 9.92. The van der Waals surface area contributed by atoms with Gasteiger partial charge in [-0.05, 0) is 31.7 Å². The summed E-state index contributed by atoms with van der Waals surface area (Å²) in [5.74, 6) is 6.16. The number of likely N-dealkylation sites (tertiary alicyclic amines) is 1. The number of hydrogen-bond acceptors (Lipinski definition) is 4. The molecule has 1 amide bonds. The van der Waals surface area contributed by atoms with Crippen molar-refractivity contribution < 1.29 is 15.0 Å². The van der Waals surface area contributed by atoms with Crippen molar-refractivity contribution in [1.29, 1.82) is 0 Å². The predicted octanol–water partition coefficient (Wildman–Crippen LogP) is 1.72. The zero-order valence-electron chi connectivity index (χ0n) is 12.2. The molecule has 1 aliphatic heterocycles. The van der Waals surface area contributed by atoms with Crippen molar-refractivity contribution >= 4 is 17.2 Å². The first-order valence-corrected chi connectivity index (χ1v) is 8.15. The Morgan fingerprint density at radius 1 is 1.52 bits per heavy atom. The Bertz CT molecular complexity index is 533. The number of piperidine rings is 1. The van der Waals surface area contributed by atoms with Crippen LogP contribution in [0, 0.1) is 17.8 Å². The van der Waals surface area contributed by atoms with Crippen molar-refractivity contribution in [2.24, 2.45) is 5.92 Å². The monoisotopic (exact) mass is 307 g/mol. The van der Waals surface area contributed by atoms with E-state index in [0.29, 0.717) is 31.0 Å². The van der Waals surface area contributed by atoms with E-state index in [1.54, 1.807) is 0 Å². The smallest absolute Gasteiger partial charge is 0.254 e. The minimum Gasteiger partial charge on any atom is -0.395 e. The first-order chi connectivity index (χ1) is 10.1. The second kappa shape index (κ2) is 7.60. The van der Waals surface area contributed by atoms with Crippen LogP contribution in [0.3, 0.4) is 0 Å². The number of thiophene rings is 1. The van der Waals surface area contributed by atoms with Gasteiger partial charge in [-0.1, -0.05) is 11.8 Å². The van der Waals surface area contributed by atoms with E-state index in [9.17, 15) is 9.90 Å². The van der Waals surface area contributed by atoms with Crippen molar-refractivity contribution in [1.82, 2.24) is 4.90 Å².